The fourth-order valence-electron chi connectivity index (χ4n) is 2.12. The van der Waals surface area contributed by atoms with Crippen LogP contribution in [0.2, 0.25) is 0 Å². The maximum absolute atomic E-state index is 11.2. The van der Waals surface area contributed by atoms with Crippen LogP contribution in [0.5, 0.6) is 0 Å². The van der Waals surface area contributed by atoms with Crippen molar-refractivity contribution in [2.24, 2.45) is 0 Å². The molecule has 0 saturated heterocycles. The van der Waals surface area contributed by atoms with Crippen molar-refractivity contribution in [2.75, 3.05) is 0 Å². The molecule has 0 aliphatic heterocycles. The lowest BCUT2D eigenvalue weighted by Gasteiger charge is -2.08. The van der Waals surface area contributed by atoms with Crippen LogP contribution in [0.1, 0.15) is 53.8 Å². The SMILES string of the molecule is CC(=O)c1nc(C)c2c(n1)CCCCC2. The van der Waals surface area contributed by atoms with Crippen LogP contribution in [0.15, 0.2) is 0 Å². The first-order valence-electron chi connectivity index (χ1n) is 5.56. The first-order valence-corrected chi connectivity index (χ1v) is 5.56. The van der Waals surface area contributed by atoms with Crippen molar-refractivity contribution in [3.8, 4) is 0 Å². The van der Waals surface area contributed by atoms with E-state index in [9.17, 15) is 4.79 Å². The highest BCUT2D eigenvalue weighted by molar-refractivity contribution is 5.90. The lowest BCUT2D eigenvalue weighted by molar-refractivity contribution is 0.100. The van der Waals surface area contributed by atoms with E-state index < -0.39 is 0 Å². The number of rotatable bonds is 1. The molecule has 0 atom stereocenters. The smallest absolute Gasteiger partial charge is 0.196 e. The van der Waals surface area contributed by atoms with Crippen LogP contribution in [-0.2, 0) is 12.8 Å². The van der Waals surface area contributed by atoms with E-state index in [1.54, 1.807) is 0 Å². The number of aromatic nitrogens is 2. The molecule has 80 valence electrons. The fraction of sp³-hybridized carbons (Fsp3) is 0.583. The molecular formula is C12H16N2O. The number of hydrogen-bond donors (Lipinski definition) is 0. The number of carbonyl (C=O) groups excluding carboxylic acids is 1. The molecule has 1 aliphatic carbocycles. The molecule has 1 heterocycles. The van der Waals surface area contributed by atoms with E-state index in [2.05, 4.69) is 9.97 Å². The number of fused-ring (bicyclic) bond motifs is 1. The minimum absolute atomic E-state index is 0.0369. The van der Waals surface area contributed by atoms with Gasteiger partial charge in [-0.1, -0.05) is 6.42 Å². The third kappa shape index (κ3) is 2.06. The minimum Gasteiger partial charge on any atom is -0.291 e. The third-order valence-corrected chi connectivity index (χ3v) is 2.95. The lowest BCUT2D eigenvalue weighted by atomic mass is 10.1. The molecule has 0 saturated carbocycles. The summed E-state index contributed by atoms with van der Waals surface area (Å²) in [5, 5.41) is 0. The summed E-state index contributed by atoms with van der Waals surface area (Å²) in [6.45, 7) is 3.51. The number of ketones is 1. The topological polar surface area (TPSA) is 42.9 Å². The van der Waals surface area contributed by atoms with Crippen LogP contribution >= 0.6 is 0 Å². The van der Waals surface area contributed by atoms with E-state index in [0.29, 0.717) is 5.82 Å². The van der Waals surface area contributed by atoms with E-state index in [1.807, 2.05) is 6.92 Å². The fourth-order valence-corrected chi connectivity index (χ4v) is 2.12. The highest BCUT2D eigenvalue weighted by atomic mass is 16.1. The maximum atomic E-state index is 11.2. The average molecular weight is 204 g/mol. The van der Waals surface area contributed by atoms with Gasteiger partial charge in [-0.3, -0.25) is 4.79 Å². The number of nitrogens with zero attached hydrogens (tertiary/aromatic N) is 2. The predicted octanol–water partition coefficient (Wildman–Crippen LogP) is 2.26. The first kappa shape index (κ1) is 10.3. The van der Waals surface area contributed by atoms with Crippen LogP contribution in [0.25, 0.3) is 0 Å². The van der Waals surface area contributed by atoms with Crippen LogP contribution in [0.4, 0.5) is 0 Å². The van der Waals surface area contributed by atoms with Crippen molar-refractivity contribution in [1.82, 2.24) is 9.97 Å². The van der Waals surface area contributed by atoms with Crippen LogP contribution in [0.3, 0.4) is 0 Å². The second-order valence-electron chi connectivity index (χ2n) is 4.17. The van der Waals surface area contributed by atoms with Gasteiger partial charge in [0.2, 0.25) is 0 Å². The van der Waals surface area contributed by atoms with Gasteiger partial charge < -0.3 is 0 Å². The number of Topliss-reactive ketones (excluding diaryl/α,β-unsaturated/α-hetero) is 1. The van der Waals surface area contributed by atoms with Gasteiger partial charge >= 0.3 is 0 Å². The van der Waals surface area contributed by atoms with E-state index in [4.69, 9.17) is 0 Å². The Morgan fingerprint density at radius 1 is 1.13 bits per heavy atom. The normalized spacial score (nSPS) is 15.6. The zero-order chi connectivity index (χ0) is 10.8. The molecule has 3 heteroatoms. The van der Waals surface area contributed by atoms with Crippen molar-refractivity contribution in [3.05, 3.63) is 22.8 Å². The van der Waals surface area contributed by atoms with Crippen LogP contribution < -0.4 is 0 Å². The Morgan fingerprint density at radius 2 is 1.87 bits per heavy atom. The Balaban J connectivity index is 2.48. The monoisotopic (exact) mass is 204 g/mol. The number of hydrogen-bond acceptors (Lipinski definition) is 3. The minimum atomic E-state index is -0.0369. The van der Waals surface area contributed by atoms with Crippen LogP contribution in [0, 0.1) is 6.92 Å². The van der Waals surface area contributed by atoms with E-state index >= 15 is 0 Å². The molecule has 0 radical (unpaired) electrons. The van der Waals surface area contributed by atoms with Crippen molar-refractivity contribution in [1.29, 1.82) is 0 Å². The Labute approximate surface area is 89.9 Å². The summed E-state index contributed by atoms with van der Waals surface area (Å²) in [5.41, 5.74) is 3.37. The summed E-state index contributed by atoms with van der Waals surface area (Å²) in [6.07, 6.45) is 5.72. The van der Waals surface area contributed by atoms with Gasteiger partial charge in [0.1, 0.15) is 0 Å². The van der Waals surface area contributed by atoms with Gasteiger partial charge in [0, 0.05) is 18.3 Å². The molecule has 1 aromatic rings. The van der Waals surface area contributed by atoms with Crippen molar-refractivity contribution < 1.29 is 4.79 Å². The Hall–Kier alpha value is -1.25. The quantitative estimate of drug-likeness (QED) is 0.520. The van der Waals surface area contributed by atoms with Gasteiger partial charge in [-0.15, -0.1) is 0 Å². The van der Waals surface area contributed by atoms with Gasteiger partial charge in [0.15, 0.2) is 11.6 Å². The molecule has 0 spiro atoms. The maximum Gasteiger partial charge on any atom is 0.196 e. The van der Waals surface area contributed by atoms with Crippen molar-refractivity contribution in [3.63, 3.8) is 0 Å². The molecule has 0 N–H and O–H groups in total. The Bertz CT molecular complexity index is 399. The van der Waals surface area contributed by atoms with Gasteiger partial charge in [-0.2, -0.15) is 0 Å². The zero-order valence-electron chi connectivity index (χ0n) is 9.34. The van der Waals surface area contributed by atoms with Gasteiger partial charge in [-0.05, 0) is 38.2 Å². The second kappa shape index (κ2) is 4.09. The molecule has 0 fully saturated rings. The number of carbonyl (C=O) groups is 1. The molecule has 2 rings (SSSR count). The molecule has 15 heavy (non-hydrogen) atoms. The molecular weight excluding hydrogens is 188 g/mol. The standard InChI is InChI=1S/C12H16N2O/c1-8-10-6-4-3-5-7-11(10)14-12(13-8)9(2)15/h3-7H2,1-2H3. The highest BCUT2D eigenvalue weighted by Crippen LogP contribution is 2.21. The van der Waals surface area contributed by atoms with Gasteiger partial charge in [0.25, 0.3) is 0 Å². The lowest BCUT2D eigenvalue weighted by Crippen LogP contribution is -2.09. The molecule has 0 aromatic carbocycles. The average Bonchev–Trinajstić information content (AvgIpc) is 2.42. The Morgan fingerprint density at radius 3 is 2.60 bits per heavy atom. The van der Waals surface area contributed by atoms with Crippen LogP contribution in [-0.4, -0.2) is 15.8 Å². The summed E-state index contributed by atoms with van der Waals surface area (Å²) in [6, 6.07) is 0. The summed E-state index contributed by atoms with van der Waals surface area (Å²) in [7, 11) is 0. The summed E-state index contributed by atoms with van der Waals surface area (Å²) < 4.78 is 0. The van der Waals surface area contributed by atoms with E-state index in [-0.39, 0.29) is 5.78 Å². The highest BCUT2D eigenvalue weighted by Gasteiger charge is 2.15. The predicted molar refractivity (Wildman–Crippen MR) is 58.0 cm³/mol. The summed E-state index contributed by atoms with van der Waals surface area (Å²) in [5.74, 6) is 0.346. The summed E-state index contributed by atoms with van der Waals surface area (Å²) >= 11 is 0. The largest absolute Gasteiger partial charge is 0.291 e. The van der Waals surface area contributed by atoms with Crippen molar-refractivity contribution >= 4 is 5.78 Å². The molecule has 1 aromatic heterocycles. The molecule has 1 aliphatic rings. The molecule has 0 unspecified atom stereocenters. The first-order chi connectivity index (χ1) is 7.18. The molecule has 0 amide bonds. The van der Waals surface area contributed by atoms with Crippen molar-refractivity contribution in [2.45, 2.75) is 46.0 Å². The van der Waals surface area contributed by atoms with Gasteiger partial charge in [-0.25, -0.2) is 9.97 Å². The van der Waals surface area contributed by atoms with Gasteiger partial charge in [0.05, 0.1) is 0 Å². The zero-order valence-corrected chi connectivity index (χ0v) is 9.34. The summed E-state index contributed by atoms with van der Waals surface area (Å²) in [4.78, 5) is 19.9. The Kier molecular flexibility index (Phi) is 2.80. The van der Waals surface area contributed by atoms with E-state index in [0.717, 1.165) is 24.2 Å². The molecule has 3 nitrogen and oxygen atoms in total. The molecule has 0 bridgehead atoms. The third-order valence-electron chi connectivity index (χ3n) is 2.95. The second-order valence-corrected chi connectivity index (χ2v) is 4.17. The number of aryl methyl sites for hydroxylation is 2. The van der Waals surface area contributed by atoms with E-state index in [1.165, 1.54) is 31.7 Å².